The summed E-state index contributed by atoms with van der Waals surface area (Å²) in [5.74, 6) is 0.963. The third-order valence-corrected chi connectivity index (χ3v) is 5.78. The Balaban J connectivity index is 1.48. The number of nitrogens with one attached hydrogen (secondary N) is 1. The summed E-state index contributed by atoms with van der Waals surface area (Å²) in [6, 6.07) is 8.80. The molecule has 6 nitrogen and oxygen atoms in total. The molecule has 0 saturated carbocycles. The molecule has 0 amide bonds. The first-order chi connectivity index (χ1) is 13.0. The van der Waals surface area contributed by atoms with Crippen molar-refractivity contribution in [1.29, 1.82) is 0 Å². The minimum Gasteiger partial charge on any atom is -0.354 e. The van der Waals surface area contributed by atoms with Gasteiger partial charge in [-0.05, 0) is 12.5 Å². The lowest BCUT2D eigenvalue weighted by Gasteiger charge is -2.36. The van der Waals surface area contributed by atoms with Gasteiger partial charge in [-0.25, -0.2) is 4.98 Å². The Morgan fingerprint density at radius 2 is 2.04 bits per heavy atom. The van der Waals surface area contributed by atoms with Crippen LogP contribution in [0.1, 0.15) is 16.8 Å². The van der Waals surface area contributed by atoms with Gasteiger partial charge >= 0.3 is 0 Å². The van der Waals surface area contributed by atoms with Gasteiger partial charge in [0.25, 0.3) is 0 Å². The van der Waals surface area contributed by atoms with Gasteiger partial charge in [0.1, 0.15) is 0 Å². The number of anilines is 1. The molecule has 1 N–H and O–H groups in total. The van der Waals surface area contributed by atoms with Crippen LogP contribution in [0.4, 0.5) is 5.13 Å². The first kappa shape index (κ1) is 19.6. The molecule has 0 radical (unpaired) electrons. The van der Waals surface area contributed by atoms with Gasteiger partial charge in [0, 0.05) is 59.2 Å². The number of rotatable bonds is 5. The van der Waals surface area contributed by atoms with Gasteiger partial charge in [0.15, 0.2) is 11.1 Å². The number of aromatic nitrogens is 1. The molecule has 1 aromatic carbocycles. The molecule has 3 rings (SSSR count). The van der Waals surface area contributed by atoms with Crippen molar-refractivity contribution in [2.45, 2.75) is 20.0 Å². The van der Waals surface area contributed by atoms with E-state index in [-0.39, 0.29) is 0 Å². The second-order valence-electron chi connectivity index (χ2n) is 7.17. The quantitative estimate of drug-likeness (QED) is 0.632. The van der Waals surface area contributed by atoms with Crippen LogP contribution in [0, 0.1) is 6.92 Å². The number of nitrogens with zero attached hydrogens (tertiary/aromatic N) is 5. The van der Waals surface area contributed by atoms with Crippen LogP contribution in [0.15, 0.2) is 34.6 Å². The Bertz CT molecular complexity index is 761. The number of thiazole rings is 1. The number of benzene rings is 1. The molecule has 1 aliphatic rings. The van der Waals surface area contributed by atoms with E-state index in [0.29, 0.717) is 6.54 Å². The van der Waals surface area contributed by atoms with E-state index in [0.717, 1.165) is 49.5 Å². The molecule has 0 atom stereocenters. The van der Waals surface area contributed by atoms with Crippen LogP contribution in [-0.4, -0.2) is 68.1 Å². The van der Waals surface area contributed by atoms with E-state index in [1.807, 2.05) is 26.0 Å². The Labute approximate surface area is 166 Å². The smallest absolute Gasteiger partial charge is 0.194 e. The van der Waals surface area contributed by atoms with Gasteiger partial charge < -0.3 is 15.1 Å². The molecular formula is C20H30N6S. The Morgan fingerprint density at radius 1 is 1.26 bits per heavy atom. The highest BCUT2D eigenvalue weighted by Crippen LogP contribution is 2.17. The molecule has 0 spiro atoms. The predicted molar refractivity (Wildman–Crippen MR) is 115 cm³/mol. The molecule has 27 heavy (non-hydrogen) atoms. The molecule has 0 unspecified atom stereocenters. The monoisotopic (exact) mass is 386 g/mol. The number of hydrogen-bond acceptors (Lipinski definition) is 5. The molecule has 1 aliphatic heterocycles. The summed E-state index contributed by atoms with van der Waals surface area (Å²) in [6.07, 6.45) is 0. The molecule has 0 aliphatic carbocycles. The average molecular weight is 387 g/mol. The summed E-state index contributed by atoms with van der Waals surface area (Å²) in [4.78, 5) is 16.0. The molecule has 0 bridgehead atoms. The maximum absolute atomic E-state index is 4.63. The van der Waals surface area contributed by atoms with Gasteiger partial charge in [-0.3, -0.25) is 9.89 Å². The Hall–Kier alpha value is -2.12. The summed E-state index contributed by atoms with van der Waals surface area (Å²) in [6.45, 7) is 7.97. The summed E-state index contributed by atoms with van der Waals surface area (Å²) >= 11 is 1.67. The number of guanidine groups is 1. The van der Waals surface area contributed by atoms with Crippen molar-refractivity contribution < 1.29 is 0 Å². The Kier molecular flexibility index (Phi) is 6.68. The second-order valence-corrected chi connectivity index (χ2v) is 8.01. The third kappa shape index (κ3) is 5.43. The minimum atomic E-state index is 0.709. The molecule has 1 saturated heterocycles. The van der Waals surface area contributed by atoms with E-state index >= 15 is 0 Å². The first-order valence-corrected chi connectivity index (χ1v) is 10.3. The van der Waals surface area contributed by atoms with Crippen molar-refractivity contribution in [1.82, 2.24) is 20.1 Å². The summed E-state index contributed by atoms with van der Waals surface area (Å²) in [5.41, 5.74) is 3.78. The SMILES string of the molecule is CN=C(NCc1csc(N(C)C)n1)N1CCN(Cc2cccc(C)c2)CC1. The molecule has 2 aromatic rings. The van der Waals surface area contributed by atoms with Gasteiger partial charge in [-0.1, -0.05) is 29.8 Å². The minimum absolute atomic E-state index is 0.709. The summed E-state index contributed by atoms with van der Waals surface area (Å²) in [5, 5.41) is 6.60. The summed E-state index contributed by atoms with van der Waals surface area (Å²) in [7, 11) is 5.89. The zero-order chi connectivity index (χ0) is 19.2. The van der Waals surface area contributed by atoms with E-state index in [1.165, 1.54) is 11.1 Å². The normalized spacial score (nSPS) is 15.9. The van der Waals surface area contributed by atoms with Gasteiger partial charge in [-0.2, -0.15) is 0 Å². The van der Waals surface area contributed by atoms with E-state index in [1.54, 1.807) is 11.3 Å². The number of aryl methyl sites for hydroxylation is 1. The lowest BCUT2D eigenvalue weighted by Crippen LogP contribution is -2.52. The molecular weight excluding hydrogens is 356 g/mol. The third-order valence-electron chi connectivity index (χ3n) is 4.72. The van der Waals surface area contributed by atoms with Crippen molar-refractivity contribution in [2.75, 3.05) is 52.2 Å². The van der Waals surface area contributed by atoms with Gasteiger partial charge in [0.2, 0.25) is 0 Å². The topological polar surface area (TPSA) is 47.0 Å². The van der Waals surface area contributed by atoms with E-state index in [2.05, 4.69) is 61.7 Å². The van der Waals surface area contributed by atoms with Crippen molar-refractivity contribution in [3.8, 4) is 0 Å². The van der Waals surface area contributed by atoms with Crippen molar-refractivity contribution in [3.05, 3.63) is 46.5 Å². The van der Waals surface area contributed by atoms with Crippen LogP contribution in [0.25, 0.3) is 0 Å². The van der Waals surface area contributed by atoms with Crippen molar-refractivity contribution >= 4 is 22.4 Å². The van der Waals surface area contributed by atoms with Gasteiger partial charge in [-0.15, -0.1) is 11.3 Å². The Morgan fingerprint density at radius 3 is 2.67 bits per heavy atom. The highest BCUT2D eigenvalue weighted by Gasteiger charge is 2.19. The highest BCUT2D eigenvalue weighted by molar-refractivity contribution is 7.13. The molecule has 2 heterocycles. The lowest BCUT2D eigenvalue weighted by molar-refractivity contribution is 0.172. The number of aliphatic imine (C=N–C) groups is 1. The summed E-state index contributed by atoms with van der Waals surface area (Å²) < 4.78 is 0. The van der Waals surface area contributed by atoms with E-state index in [4.69, 9.17) is 0 Å². The molecule has 1 fully saturated rings. The van der Waals surface area contributed by atoms with E-state index in [9.17, 15) is 0 Å². The average Bonchev–Trinajstić information content (AvgIpc) is 3.13. The fraction of sp³-hybridized carbons (Fsp3) is 0.500. The number of hydrogen-bond donors (Lipinski definition) is 1. The van der Waals surface area contributed by atoms with E-state index < -0.39 is 0 Å². The second kappa shape index (κ2) is 9.19. The fourth-order valence-electron chi connectivity index (χ4n) is 3.27. The number of piperazine rings is 1. The standard InChI is InChI=1S/C20H30N6S/c1-16-6-5-7-17(12-16)14-25-8-10-26(11-9-25)19(21-2)22-13-18-15-27-20(23-18)24(3)4/h5-7,12,15H,8-11,13-14H2,1-4H3,(H,21,22). The lowest BCUT2D eigenvalue weighted by atomic mass is 10.1. The van der Waals surface area contributed by atoms with Crippen molar-refractivity contribution in [3.63, 3.8) is 0 Å². The van der Waals surface area contributed by atoms with Gasteiger partial charge in [0.05, 0.1) is 12.2 Å². The highest BCUT2D eigenvalue weighted by atomic mass is 32.1. The molecule has 1 aromatic heterocycles. The van der Waals surface area contributed by atoms with Crippen LogP contribution in [0.2, 0.25) is 0 Å². The molecule has 7 heteroatoms. The van der Waals surface area contributed by atoms with Crippen LogP contribution in [0.5, 0.6) is 0 Å². The van der Waals surface area contributed by atoms with Crippen molar-refractivity contribution in [2.24, 2.45) is 4.99 Å². The largest absolute Gasteiger partial charge is 0.354 e. The predicted octanol–water partition coefficient (Wildman–Crippen LogP) is 2.41. The zero-order valence-electron chi connectivity index (χ0n) is 16.8. The molecule has 146 valence electrons. The van der Waals surface area contributed by atoms with Crippen LogP contribution in [-0.2, 0) is 13.1 Å². The first-order valence-electron chi connectivity index (χ1n) is 9.40. The fourth-order valence-corrected chi connectivity index (χ4v) is 4.03. The van der Waals surface area contributed by atoms with Crippen LogP contribution in [0.3, 0.4) is 0 Å². The van der Waals surface area contributed by atoms with Crippen LogP contribution < -0.4 is 10.2 Å². The maximum atomic E-state index is 4.63. The zero-order valence-corrected chi connectivity index (χ0v) is 17.6. The maximum Gasteiger partial charge on any atom is 0.194 e. The van der Waals surface area contributed by atoms with Crippen LogP contribution >= 0.6 is 11.3 Å².